The number of benzene rings is 2. The van der Waals surface area contributed by atoms with Gasteiger partial charge < -0.3 is 5.32 Å². The number of anilines is 2. The Hall–Kier alpha value is -2.39. The van der Waals surface area contributed by atoms with Crippen molar-refractivity contribution >= 4 is 23.0 Å². The lowest BCUT2D eigenvalue weighted by atomic mass is 9.98. The van der Waals surface area contributed by atoms with Gasteiger partial charge in [0.05, 0.1) is 5.56 Å². The maximum Gasteiger partial charge on any atom is 0.250 e. The Labute approximate surface area is 126 Å². The standard InChI is InChI=1S/C17H12ClNO2/c1-10-7-8-12(18)9-13(10)19-15-14(16(20)17(15)21)11-5-3-2-4-6-11/h2-9,19H,1H3. The molecule has 3 aromatic rings. The Bertz CT molecular complexity index is 878. The van der Waals surface area contributed by atoms with Crippen molar-refractivity contribution in [2.75, 3.05) is 5.32 Å². The van der Waals surface area contributed by atoms with Crippen molar-refractivity contribution in [2.45, 2.75) is 6.92 Å². The largest absolute Gasteiger partial charge is 0.351 e. The summed E-state index contributed by atoms with van der Waals surface area (Å²) in [7, 11) is 0. The van der Waals surface area contributed by atoms with Gasteiger partial charge in [0.15, 0.2) is 0 Å². The third-order valence-electron chi connectivity index (χ3n) is 3.43. The zero-order chi connectivity index (χ0) is 15.0. The van der Waals surface area contributed by atoms with Gasteiger partial charge in [-0.15, -0.1) is 0 Å². The third kappa shape index (κ3) is 2.36. The molecular weight excluding hydrogens is 286 g/mol. The summed E-state index contributed by atoms with van der Waals surface area (Å²) in [5.74, 6) is 0. The van der Waals surface area contributed by atoms with Gasteiger partial charge in [0, 0.05) is 10.7 Å². The van der Waals surface area contributed by atoms with Crippen molar-refractivity contribution in [3.05, 3.63) is 79.6 Å². The van der Waals surface area contributed by atoms with Gasteiger partial charge in [0.1, 0.15) is 5.69 Å². The molecule has 0 aromatic heterocycles. The minimum atomic E-state index is -0.492. The van der Waals surface area contributed by atoms with Crippen LogP contribution in [-0.2, 0) is 0 Å². The van der Waals surface area contributed by atoms with E-state index >= 15 is 0 Å². The van der Waals surface area contributed by atoms with Crippen molar-refractivity contribution < 1.29 is 0 Å². The highest BCUT2D eigenvalue weighted by atomic mass is 35.5. The molecule has 4 heteroatoms. The van der Waals surface area contributed by atoms with E-state index in [4.69, 9.17) is 11.6 Å². The van der Waals surface area contributed by atoms with Crippen LogP contribution in [0, 0.1) is 6.92 Å². The first-order chi connectivity index (χ1) is 10.1. The average Bonchev–Trinajstić information content (AvgIpc) is 2.50. The highest BCUT2D eigenvalue weighted by Crippen LogP contribution is 2.28. The lowest BCUT2D eigenvalue weighted by Crippen LogP contribution is -2.35. The SMILES string of the molecule is Cc1ccc(Cl)cc1Nc1c(-c2ccccc2)c(=O)c1=O. The first-order valence-corrected chi connectivity index (χ1v) is 6.87. The topological polar surface area (TPSA) is 46.2 Å². The second-order valence-electron chi connectivity index (χ2n) is 4.86. The van der Waals surface area contributed by atoms with E-state index in [1.54, 1.807) is 12.1 Å². The van der Waals surface area contributed by atoms with Gasteiger partial charge in [0.25, 0.3) is 5.43 Å². The molecule has 3 nitrogen and oxygen atoms in total. The summed E-state index contributed by atoms with van der Waals surface area (Å²) in [5, 5.41) is 3.61. The van der Waals surface area contributed by atoms with Crippen LogP contribution in [0.1, 0.15) is 5.56 Å². The molecule has 0 fully saturated rings. The van der Waals surface area contributed by atoms with Crippen molar-refractivity contribution in [3.63, 3.8) is 0 Å². The molecule has 1 N–H and O–H groups in total. The first kappa shape index (κ1) is 13.6. The molecule has 0 saturated heterocycles. The van der Waals surface area contributed by atoms with Crippen LogP contribution in [0.4, 0.5) is 11.4 Å². The zero-order valence-electron chi connectivity index (χ0n) is 11.3. The molecule has 0 radical (unpaired) electrons. The molecule has 0 bridgehead atoms. The molecule has 0 saturated carbocycles. The van der Waals surface area contributed by atoms with Crippen molar-refractivity contribution in [1.29, 1.82) is 0 Å². The molecular formula is C17H12ClNO2. The summed E-state index contributed by atoms with van der Waals surface area (Å²) in [6.07, 6.45) is 0. The minimum Gasteiger partial charge on any atom is -0.351 e. The predicted molar refractivity (Wildman–Crippen MR) is 86.3 cm³/mol. The molecule has 3 rings (SSSR count). The molecule has 3 aromatic carbocycles. The lowest BCUT2D eigenvalue weighted by Gasteiger charge is -2.15. The number of aryl methyl sites for hydroxylation is 1. The average molecular weight is 298 g/mol. The number of rotatable bonds is 3. The summed E-state index contributed by atoms with van der Waals surface area (Å²) in [5.41, 5.74) is 2.23. The van der Waals surface area contributed by atoms with Gasteiger partial charge in [-0.25, -0.2) is 0 Å². The summed E-state index contributed by atoms with van der Waals surface area (Å²) in [4.78, 5) is 23.7. The normalized spacial score (nSPS) is 10.8. The van der Waals surface area contributed by atoms with E-state index < -0.39 is 10.9 Å². The predicted octanol–water partition coefficient (Wildman–Crippen LogP) is 3.66. The monoisotopic (exact) mass is 297 g/mol. The summed E-state index contributed by atoms with van der Waals surface area (Å²) in [6.45, 7) is 1.91. The number of nitrogens with one attached hydrogen (secondary N) is 1. The number of hydrogen-bond acceptors (Lipinski definition) is 3. The highest BCUT2D eigenvalue weighted by molar-refractivity contribution is 6.30. The van der Waals surface area contributed by atoms with Crippen LogP contribution in [-0.4, -0.2) is 0 Å². The first-order valence-electron chi connectivity index (χ1n) is 6.50. The van der Waals surface area contributed by atoms with Gasteiger partial charge in [-0.3, -0.25) is 9.59 Å². The van der Waals surface area contributed by atoms with Crippen molar-refractivity contribution in [3.8, 4) is 11.1 Å². The maximum absolute atomic E-state index is 11.8. The fraction of sp³-hybridized carbons (Fsp3) is 0.0588. The van der Waals surface area contributed by atoms with Crippen LogP contribution in [0.5, 0.6) is 0 Å². The van der Waals surface area contributed by atoms with E-state index in [0.29, 0.717) is 16.3 Å². The van der Waals surface area contributed by atoms with Crippen LogP contribution in [0.2, 0.25) is 5.02 Å². The smallest absolute Gasteiger partial charge is 0.250 e. The van der Waals surface area contributed by atoms with E-state index in [0.717, 1.165) is 16.8 Å². The summed E-state index contributed by atoms with van der Waals surface area (Å²) < 4.78 is 0. The molecule has 0 amide bonds. The van der Waals surface area contributed by atoms with Gasteiger partial charge in [-0.2, -0.15) is 0 Å². The van der Waals surface area contributed by atoms with Crippen molar-refractivity contribution in [2.24, 2.45) is 0 Å². The lowest BCUT2D eigenvalue weighted by molar-refractivity contribution is 1.35. The van der Waals surface area contributed by atoms with Crippen LogP contribution in [0.25, 0.3) is 11.1 Å². The Morgan fingerprint density at radius 1 is 0.952 bits per heavy atom. The number of halogens is 1. The molecule has 0 heterocycles. The van der Waals surface area contributed by atoms with E-state index in [-0.39, 0.29) is 0 Å². The van der Waals surface area contributed by atoms with Gasteiger partial charge in [-0.05, 0) is 30.2 Å². The molecule has 0 aliphatic carbocycles. The van der Waals surface area contributed by atoms with Crippen LogP contribution in [0.3, 0.4) is 0 Å². The fourth-order valence-electron chi connectivity index (χ4n) is 2.25. The Balaban J connectivity index is 2.05. The Morgan fingerprint density at radius 3 is 2.38 bits per heavy atom. The van der Waals surface area contributed by atoms with E-state index in [1.165, 1.54) is 0 Å². The van der Waals surface area contributed by atoms with Gasteiger partial charge in [-0.1, -0.05) is 48.0 Å². The van der Waals surface area contributed by atoms with Crippen LogP contribution >= 0.6 is 11.6 Å². The third-order valence-corrected chi connectivity index (χ3v) is 3.67. The van der Waals surface area contributed by atoms with E-state index in [2.05, 4.69) is 5.32 Å². The Morgan fingerprint density at radius 2 is 1.67 bits per heavy atom. The van der Waals surface area contributed by atoms with E-state index in [1.807, 2.05) is 43.3 Å². The van der Waals surface area contributed by atoms with Crippen molar-refractivity contribution in [1.82, 2.24) is 0 Å². The van der Waals surface area contributed by atoms with Crippen LogP contribution in [0.15, 0.2) is 58.1 Å². The highest BCUT2D eigenvalue weighted by Gasteiger charge is 2.22. The zero-order valence-corrected chi connectivity index (χ0v) is 12.1. The van der Waals surface area contributed by atoms with Gasteiger partial charge >= 0.3 is 0 Å². The maximum atomic E-state index is 11.8. The van der Waals surface area contributed by atoms with Gasteiger partial charge in [0.2, 0.25) is 5.43 Å². The Kier molecular flexibility index (Phi) is 3.35. The quantitative estimate of drug-likeness (QED) is 0.751. The van der Waals surface area contributed by atoms with Crippen LogP contribution < -0.4 is 16.2 Å². The van der Waals surface area contributed by atoms with E-state index in [9.17, 15) is 9.59 Å². The molecule has 0 aliphatic heterocycles. The molecule has 0 aliphatic rings. The molecule has 21 heavy (non-hydrogen) atoms. The molecule has 0 atom stereocenters. The second-order valence-corrected chi connectivity index (χ2v) is 5.29. The second kappa shape index (κ2) is 5.19. The number of hydrogen-bond donors (Lipinski definition) is 1. The molecule has 0 unspecified atom stereocenters. The summed E-state index contributed by atoms with van der Waals surface area (Å²) >= 11 is 5.97. The fourth-order valence-corrected chi connectivity index (χ4v) is 2.43. The molecule has 0 spiro atoms. The molecule has 104 valence electrons. The minimum absolute atomic E-state index is 0.330. The summed E-state index contributed by atoms with van der Waals surface area (Å²) in [6, 6.07) is 14.5.